The van der Waals surface area contributed by atoms with Crippen LogP contribution in [0.25, 0.3) is 11.1 Å². The minimum Gasteiger partial charge on any atom is -0.454 e. The van der Waals surface area contributed by atoms with Gasteiger partial charge in [-0.1, -0.05) is 12.1 Å². The van der Waals surface area contributed by atoms with Gasteiger partial charge in [0.15, 0.2) is 11.5 Å². The van der Waals surface area contributed by atoms with E-state index in [1.165, 1.54) is 28.8 Å². The van der Waals surface area contributed by atoms with Crippen LogP contribution >= 0.6 is 0 Å². The van der Waals surface area contributed by atoms with E-state index in [4.69, 9.17) is 9.47 Å². The van der Waals surface area contributed by atoms with Crippen LogP contribution in [0.15, 0.2) is 36.4 Å². The van der Waals surface area contributed by atoms with Gasteiger partial charge in [0.2, 0.25) is 6.79 Å². The number of rotatable bonds is 1. The fourth-order valence-electron chi connectivity index (χ4n) is 2.73. The van der Waals surface area contributed by atoms with Crippen molar-refractivity contribution < 1.29 is 9.47 Å². The third-order valence-electron chi connectivity index (χ3n) is 3.75. The van der Waals surface area contributed by atoms with E-state index in [9.17, 15) is 0 Å². The molecular formula is C16H15NO2. The van der Waals surface area contributed by atoms with Gasteiger partial charge in [0.05, 0.1) is 0 Å². The lowest BCUT2D eigenvalue weighted by Gasteiger charge is -2.18. The van der Waals surface area contributed by atoms with E-state index < -0.39 is 0 Å². The van der Waals surface area contributed by atoms with Gasteiger partial charge in [0, 0.05) is 12.2 Å². The molecule has 96 valence electrons. The van der Waals surface area contributed by atoms with Crippen LogP contribution in [0, 0.1) is 0 Å². The van der Waals surface area contributed by atoms with E-state index in [1.54, 1.807) is 0 Å². The number of nitrogens with one attached hydrogen (secondary N) is 1. The fraction of sp³-hybridized carbons (Fsp3) is 0.250. The molecule has 0 bridgehead atoms. The summed E-state index contributed by atoms with van der Waals surface area (Å²) in [6.45, 7) is 1.41. The summed E-state index contributed by atoms with van der Waals surface area (Å²) in [6, 6.07) is 12.7. The van der Waals surface area contributed by atoms with Crippen LogP contribution in [-0.4, -0.2) is 13.3 Å². The van der Waals surface area contributed by atoms with E-state index in [-0.39, 0.29) is 0 Å². The Hall–Kier alpha value is -2.16. The first-order chi connectivity index (χ1) is 9.40. The molecule has 0 amide bonds. The molecule has 2 aliphatic heterocycles. The maximum atomic E-state index is 5.44. The monoisotopic (exact) mass is 253 g/mol. The van der Waals surface area contributed by atoms with Gasteiger partial charge >= 0.3 is 0 Å². The summed E-state index contributed by atoms with van der Waals surface area (Å²) < 4.78 is 10.8. The van der Waals surface area contributed by atoms with E-state index in [0.29, 0.717) is 6.79 Å². The molecule has 19 heavy (non-hydrogen) atoms. The van der Waals surface area contributed by atoms with Crippen molar-refractivity contribution in [3.63, 3.8) is 0 Å². The predicted molar refractivity (Wildman–Crippen MR) is 74.8 cm³/mol. The lowest BCUT2D eigenvalue weighted by molar-refractivity contribution is 0.174. The van der Waals surface area contributed by atoms with Crippen LogP contribution in [0.5, 0.6) is 11.5 Å². The highest BCUT2D eigenvalue weighted by atomic mass is 16.7. The van der Waals surface area contributed by atoms with Crippen molar-refractivity contribution >= 4 is 5.69 Å². The summed E-state index contributed by atoms with van der Waals surface area (Å²) >= 11 is 0. The first kappa shape index (κ1) is 10.7. The second-order valence-corrected chi connectivity index (χ2v) is 4.97. The van der Waals surface area contributed by atoms with Crippen LogP contribution in [0.3, 0.4) is 0 Å². The van der Waals surface area contributed by atoms with Gasteiger partial charge in [-0.15, -0.1) is 0 Å². The molecule has 0 saturated carbocycles. The van der Waals surface area contributed by atoms with Crippen molar-refractivity contribution in [2.45, 2.75) is 12.8 Å². The first-order valence-electron chi connectivity index (χ1n) is 6.67. The lowest BCUT2D eigenvalue weighted by Crippen LogP contribution is -2.11. The molecule has 2 aromatic rings. The number of aryl methyl sites for hydroxylation is 1. The third-order valence-corrected chi connectivity index (χ3v) is 3.75. The number of hydrogen-bond donors (Lipinski definition) is 1. The zero-order valence-electron chi connectivity index (χ0n) is 10.6. The van der Waals surface area contributed by atoms with E-state index in [0.717, 1.165) is 24.5 Å². The molecule has 0 atom stereocenters. The lowest BCUT2D eigenvalue weighted by atomic mass is 9.97. The zero-order chi connectivity index (χ0) is 12.7. The molecule has 0 unspecified atom stereocenters. The van der Waals surface area contributed by atoms with Crippen LogP contribution in [0.2, 0.25) is 0 Å². The quantitative estimate of drug-likeness (QED) is 0.844. The molecule has 0 aromatic heterocycles. The second-order valence-electron chi connectivity index (χ2n) is 4.97. The van der Waals surface area contributed by atoms with Crippen molar-refractivity contribution in [1.82, 2.24) is 0 Å². The number of fused-ring (bicyclic) bond motifs is 2. The van der Waals surface area contributed by atoms with Crippen molar-refractivity contribution in [2.75, 3.05) is 18.7 Å². The fourth-order valence-corrected chi connectivity index (χ4v) is 2.73. The normalized spacial score (nSPS) is 15.8. The van der Waals surface area contributed by atoms with Gasteiger partial charge in [0.25, 0.3) is 0 Å². The second kappa shape index (κ2) is 4.19. The standard InChI is InChI=1S/C16H15NO2/c1-2-13-8-11(3-5-14(13)17-7-1)12-4-6-15-16(9-12)19-10-18-15/h3-6,8-9,17H,1-2,7,10H2. The highest BCUT2D eigenvalue weighted by Crippen LogP contribution is 2.37. The largest absolute Gasteiger partial charge is 0.454 e. The van der Waals surface area contributed by atoms with Gasteiger partial charge in [-0.25, -0.2) is 0 Å². The summed E-state index contributed by atoms with van der Waals surface area (Å²) in [5.74, 6) is 1.68. The topological polar surface area (TPSA) is 30.5 Å². The minimum absolute atomic E-state index is 0.326. The molecule has 1 N–H and O–H groups in total. The Morgan fingerprint density at radius 1 is 0.895 bits per heavy atom. The van der Waals surface area contributed by atoms with Gasteiger partial charge in [-0.2, -0.15) is 0 Å². The van der Waals surface area contributed by atoms with Crippen LogP contribution in [0.4, 0.5) is 5.69 Å². The molecule has 0 radical (unpaired) electrons. The molecule has 2 heterocycles. The highest BCUT2D eigenvalue weighted by Gasteiger charge is 2.15. The molecule has 0 spiro atoms. The summed E-state index contributed by atoms with van der Waals surface area (Å²) in [4.78, 5) is 0. The van der Waals surface area contributed by atoms with Gasteiger partial charge in [-0.05, 0) is 53.8 Å². The molecule has 0 saturated heterocycles. The summed E-state index contributed by atoms with van der Waals surface area (Å²) in [5.41, 5.74) is 5.09. The van der Waals surface area contributed by atoms with E-state index in [2.05, 4.69) is 35.6 Å². The average molecular weight is 253 g/mol. The van der Waals surface area contributed by atoms with Crippen LogP contribution < -0.4 is 14.8 Å². The number of benzene rings is 2. The Balaban J connectivity index is 1.76. The summed E-state index contributed by atoms with van der Waals surface area (Å²) in [6.07, 6.45) is 2.36. The summed E-state index contributed by atoms with van der Waals surface area (Å²) in [7, 11) is 0. The summed E-state index contributed by atoms with van der Waals surface area (Å²) in [5, 5.41) is 3.44. The predicted octanol–water partition coefficient (Wildman–Crippen LogP) is 3.44. The molecule has 2 aliphatic rings. The van der Waals surface area contributed by atoms with Gasteiger partial charge < -0.3 is 14.8 Å². The molecule has 4 rings (SSSR count). The van der Waals surface area contributed by atoms with Crippen LogP contribution in [-0.2, 0) is 6.42 Å². The molecule has 0 fully saturated rings. The molecule has 3 nitrogen and oxygen atoms in total. The maximum absolute atomic E-state index is 5.44. The molecular weight excluding hydrogens is 238 g/mol. The molecule has 3 heteroatoms. The van der Waals surface area contributed by atoms with Crippen molar-refractivity contribution in [3.05, 3.63) is 42.0 Å². The molecule has 0 aliphatic carbocycles. The zero-order valence-corrected chi connectivity index (χ0v) is 10.6. The van der Waals surface area contributed by atoms with Crippen LogP contribution in [0.1, 0.15) is 12.0 Å². The molecule has 2 aromatic carbocycles. The Morgan fingerprint density at radius 2 is 1.74 bits per heavy atom. The van der Waals surface area contributed by atoms with Gasteiger partial charge in [0.1, 0.15) is 0 Å². The third kappa shape index (κ3) is 1.82. The highest BCUT2D eigenvalue weighted by molar-refractivity contribution is 5.71. The minimum atomic E-state index is 0.326. The van der Waals surface area contributed by atoms with E-state index in [1.807, 2.05) is 6.07 Å². The van der Waals surface area contributed by atoms with Crippen molar-refractivity contribution in [1.29, 1.82) is 0 Å². The van der Waals surface area contributed by atoms with Crippen molar-refractivity contribution in [2.24, 2.45) is 0 Å². The van der Waals surface area contributed by atoms with E-state index >= 15 is 0 Å². The average Bonchev–Trinajstić information content (AvgIpc) is 2.94. The maximum Gasteiger partial charge on any atom is 0.231 e. The Bertz CT molecular complexity index is 637. The SMILES string of the molecule is c1cc2c(cc1-c1ccc3c(c1)OCO3)CCCN2. The number of hydrogen-bond acceptors (Lipinski definition) is 3. The Kier molecular flexibility index (Phi) is 2.37. The van der Waals surface area contributed by atoms with Crippen molar-refractivity contribution in [3.8, 4) is 22.6 Å². The Labute approximate surface area is 112 Å². The Morgan fingerprint density at radius 3 is 2.74 bits per heavy atom. The number of ether oxygens (including phenoxy) is 2. The first-order valence-corrected chi connectivity index (χ1v) is 6.67. The van der Waals surface area contributed by atoms with Gasteiger partial charge in [-0.3, -0.25) is 0 Å². The number of anilines is 1. The smallest absolute Gasteiger partial charge is 0.231 e.